The molecule has 134 valence electrons. The number of amides is 1. The normalized spacial score (nSPS) is 9.75. The summed E-state index contributed by atoms with van der Waals surface area (Å²) in [6.45, 7) is 0.728. The van der Waals surface area contributed by atoms with Gasteiger partial charge in [-0.1, -0.05) is 25.0 Å². The van der Waals surface area contributed by atoms with Gasteiger partial charge in [-0.25, -0.2) is 4.98 Å². The van der Waals surface area contributed by atoms with E-state index in [4.69, 9.17) is 5.73 Å². The minimum Gasteiger partial charge on any atom is -0.334 e. The molecule has 0 aliphatic carbocycles. The predicted molar refractivity (Wildman–Crippen MR) is 104 cm³/mol. The van der Waals surface area contributed by atoms with E-state index in [9.17, 15) is 4.79 Å². The monoisotopic (exact) mass is 372 g/mol. The summed E-state index contributed by atoms with van der Waals surface area (Å²) in [5.41, 5.74) is 7.26. The number of nitrogens with zero attached hydrogens (tertiary/aromatic N) is 2. The summed E-state index contributed by atoms with van der Waals surface area (Å²) in [6.07, 6.45) is 8.32. The van der Waals surface area contributed by atoms with E-state index in [0.29, 0.717) is 6.42 Å². The first-order chi connectivity index (χ1) is 10.7. The van der Waals surface area contributed by atoms with Crippen LogP contribution in [0.1, 0.15) is 32.1 Å². The lowest BCUT2D eigenvalue weighted by molar-refractivity contribution is -0.116. The Morgan fingerprint density at radius 1 is 1.21 bits per heavy atom. The average molecular weight is 373 g/mol. The van der Waals surface area contributed by atoms with Gasteiger partial charge in [0.2, 0.25) is 5.91 Å². The fourth-order valence-corrected chi connectivity index (χ4v) is 2.39. The average Bonchev–Trinajstić information content (AvgIpc) is 2.93. The summed E-state index contributed by atoms with van der Waals surface area (Å²) >= 11 is 0. The van der Waals surface area contributed by atoms with Crippen LogP contribution >= 0.6 is 24.8 Å². The van der Waals surface area contributed by atoms with Gasteiger partial charge in [-0.15, -0.1) is 24.8 Å². The number of rotatable bonds is 8. The molecule has 0 aliphatic rings. The van der Waals surface area contributed by atoms with Gasteiger partial charge in [-0.3, -0.25) is 4.79 Å². The van der Waals surface area contributed by atoms with Crippen LogP contribution in [0.15, 0.2) is 36.7 Å². The van der Waals surface area contributed by atoms with Crippen molar-refractivity contribution >= 4 is 36.4 Å². The van der Waals surface area contributed by atoms with Crippen molar-refractivity contribution in [1.82, 2.24) is 9.55 Å². The lowest BCUT2D eigenvalue weighted by Gasteiger charge is -2.08. The van der Waals surface area contributed by atoms with Gasteiger partial charge in [0, 0.05) is 37.1 Å². The van der Waals surface area contributed by atoms with Crippen LogP contribution in [0.5, 0.6) is 0 Å². The third kappa shape index (κ3) is 6.91. The highest BCUT2D eigenvalue weighted by Gasteiger charge is 2.06. The second kappa shape index (κ2) is 11.9. The third-order valence-corrected chi connectivity index (χ3v) is 3.58. The summed E-state index contributed by atoms with van der Waals surface area (Å²) in [7, 11) is 1.95. The molecule has 2 rings (SSSR count). The number of unbranched alkanes of at least 4 members (excludes halogenated alkanes) is 3. The highest BCUT2D eigenvalue weighted by atomic mass is 35.5. The maximum atomic E-state index is 12.0. The van der Waals surface area contributed by atoms with E-state index in [2.05, 4.69) is 10.3 Å². The first-order valence-electron chi connectivity index (χ1n) is 7.78. The lowest BCUT2D eigenvalue weighted by atomic mass is 10.1. The van der Waals surface area contributed by atoms with E-state index >= 15 is 0 Å². The minimum atomic E-state index is 0. The van der Waals surface area contributed by atoms with E-state index in [1.165, 1.54) is 0 Å². The fourth-order valence-electron chi connectivity index (χ4n) is 2.39. The summed E-state index contributed by atoms with van der Waals surface area (Å²) < 4.78 is 1.96. The molecule has 2 aromatic rings. The number of hydrogen-bond acceptors (Lipinski definition) is 3. The first-order valence-corrected chi connectivity index (χ1v) is 7.78. The van der Waals surface area contributed by atoms with Crippen LogP contribution in [0, 0.1) is 0 Å². The Kier molecular flexibility index (Phi) is 11.1. The van der Waals surface area contributed by atoms with Crippen LogP contribution in [0.25, 0.3) is 11.4 Å². The van der Waals surface area contributed by atoms with E-state index in [1.54, 1.807) is 6.20 Å². The van der Waals surface area contributed by atoms with Crippen LogP contribution in [0.2, 0.25) is 0 Å². The molecule has 5 nitrogen and oxygen atoms in total. The lowest BCUT2D eigenvalue weighted by Crippen LogP contribution is -2.11. The molecule has 7 heteroatoms. The van der Waals surface area contributed by atoms with E-state index in [1.807, 2.05) is 42.1 Å². The predicted octanol–water partition coefficient (Wildman–Crippen LogP) is 3.78. The molecule has 0 fully saturated rings. The van der Waals surface area contributed by atoms with Gasteiger partial charge in [0.1, 0.15) is 5.82 Å². The number of hydrogen-bond donors (Lipinski definition) is 2. The second-order valence-electron chi connectivity index (χ2n) is 5.44. The van der Waals surface area contributed by atoms with E-state index in [0.717, 1.165) is 49.3 Å². The summed E-state index contributed by atoms with van der Waals surface area (Å²) in [5, 5.41) is 2.95. The topological polar surface area (TPSA) is 72.9 Å². The Hall–Kier alpha value is -1.56. The van der Waals surface area contributed by atoms with Crippen LogP contribution < -0.4 is 11.1 Å². The highest BCUT2D eigenvalue weighted by molar-refractivity contribution is 5.91. The molecular formula is C17H26Cl2N4O. The number of carbonyl (C=O) groups is 1. The first kappa shape index (κ1) is 22.4. The number of nitrogens with one attached hydrogen (secondary N) is 1. The standard InChI is InChI=1S/C17H24N4O.2ClH/c1-21-12-11-19-17(21)14-7-6-8-15(13-14)20-16(22)9-4-2-3-5-10-18;;/h6-8,11-13H,2-5,9-10,18H2,1H3,(H,20,22);2*1H. The Morgan fingerprint density at radius 2 is 1.96 bits per heavy atom. The zero-order valence-corrected chi connectivity index (χ0v) is 15.5. The van der Waals surface area contributed by atoms with Crippen molar-refractivity contribution in [3.05, 3.63) is 36.7 Å². The molecule has 1 amide bonds. The molecule has 1 aromatic heterocycles. The maximum absolute atomic E-state index is 12.0. The number of imidazole rings is 1. The molecule has 0 bridgehead atoms. The zero-order valence-electron chi connectivity index (χ0n) is 13.9. The van der Waals surface area contributed by atoms with E-state index in [-0.39, 0.29) is 30.7 Å². The smallest absolute Gasteiger partial charge is 0.224 e. The van der Waals surface area contributed by atoms with Gasteiger partial charge in [0.15, 0.2) is 0 Å². The largest absolute Gasteiger partial charge is 0.334 e. The second-order valence-corrected chi connectivity index (χ2v) is 5.44. The van der Waals surface area contributed by atoms with Gasteiger partial charge < -0.3 is 15.6 Å². The maximum Gasteiger partial charge on any atom is 0.224 e. The Balaban J connectivity index is 0.00000264. The van der Waals surface area contributed by atoms with Crippen LogP contribution in [-0.2, 0) is 11.8 Å². The van der Waals surface area contributed by atoms with Crippen LogP contribution in [0.4, 0.5) is 5.69 Å². The number of carbonyl (C=O) groups excluding carboxylic acids is 1. The van der Waals surface area contributed by atoms with Crippen LogP contribution in [0.3, 0.4) is 0 Å². The molecular weight excluding hydrogens is 347 g/mol. The number of anilines is 1. The molecule has 0 atom stereocenters. The number of halogens is 2. The van der Waals surface area contributed by atoms with Crippen molar-refractivity contribution in [1.29, 1.82) is 0 Å². The van der Waals surface area contributed by atoms with Gasteiger partial charge in [0.05, 0.1) is 0 Å². The molecule has 1 heterocycles. The summed E-state index contributed by atoms with van der Waals surface area (Å²) in [4.78, 5) is 16.3. The molecule has 3 N–H and O–H groups in total. The SMILES string of the molecule is Cl.Cl.Cn1ccnc1-c1cccc(NC(=O)CCCCCCN)c1. The number of benzene rings is 1. The molecule has 0 unspecified atom stereocenters. The number of nitrogens with two attached hydrogens (primary N) is 1. The van der Waals surface area contributed by atoms with Crippen molar-refractivity contribution in [3.63, 3.8) is 0 Å². The molecule has 0 saturated carbocycles. The summed E-state index contributed by atoms with van der Waals surface area (Å²) in [5.74, 6) is 0.947. The van der Waals surface area contributed by atoms with Gasteiger partial charge in [0.25, 0.3) is 0 Å². The van der Waals surface area contributed by atoms with Crippen LogP contribution in [-0.4, -0.2) is 22.0 Å². The molecule has 0 radical (unpaired) electrons. The highest BCUT2D eigenvalue weighted by Crippen LogP contribution is 2.20. The van der Waals surface area contributed by atoms with E-state index < -0.39 is 0 Å². The zero-order chi connectivity index (χ0) is 15.8. The minimum absolute atomic E-state index is 0. The number of aryl methyl sites for hydroxylation is 1. The number of aromatic nitrogens is 2. The molecule has 24 heavy (non-hydrogen) atoms. The van der Waals surface area contributed by atoms with Crippen molar-refractivity contribution in [2.24, 2.45) is 12.8 Å². The van der Waals surface area contributed by atoms with Crippen molar-refractivity contribution < 1.29 is 4.79 Å². The van der Waals surface area contributed by atoms with Gasteiger partial charge in [-0.05, 0) is 31.5 Å². The van der Waals surface area contributed by atoms with Crippen molar-refractivity contribution in [2.45, 2.75) is 32.1 Å². The molecule has 0 spiro atoms. The molecule has 0 aliphatic heterocycles. The quantitative estimate of drug-likeness (QED) is 0.692. The summed E-state index contributed by atoms with van der Waals surface area (Å²) in [6, 6.07) is 7.78. The molecule has 0 saturated heterocycles. The Bertz CT molecular complexity index is 616. The van der Waals surface area contributed by atoms with Gasteiger partial charge >= 0.3 is 0 Å². The fraction of sp³-hybridized carbons (Fsp3) is 0.412. The Morgan fingerprint density at radius 3 is 2.62 bits per heavy atom. The molecule has 1 aromatic carbocycles. The van der Waals surface area contributed by atoms with Crippen molar-refractivity contribution in [2.75, 3.05) is 11.9 Å². The van der Waals surface area contributed by atoms with Crippen molar-refractivity contribution in [3.8, 4) is 11.4 Å². The van der Waals surface area contributed by atoms with Gasteiger partial charge in [-0.2, -0.15) is 0 Å². The Labute approximate surface area is 155 Å². The third-order valence-electron chi connectivity index (χ3n) is 3.58.